The fourth-order valence-corrected chi connectivity index (χ4v) is 1.89. The first-order valence-corrected chi connectivity index (χ1v) is 6.33. The average Bonchev–Trinajstić information content (AvgIpc) is 2.57. The van der Waals surface area contributed by atoms with Gasteiger partial charge in [0.05, 0.1) is 23.9 Å². The molecule has 0 aliphatic carbocycles. The van der Waals surface area contributed by atoms with E-state index in [0.717, 1.165) is 11.3 Å². The number of pyridine rings is 1. The molecule has 0 spiro atoms. The smallest absolute Gasteiger partial charge is 0.496 e. The summed E-state index contributed by atoms with van der Waals surface area (Å²) in [6.07, 6.45) is 3.42. The highest BCUT2D eigenvalue weighted by Gasteiger charge is 2.52. The number of aromatic nitrogens is 1. The number of ether oxygens (including phenoxy) is 1. The van der Waals surface area contributed by atoms with Crippen LogP contribution < -0.4 is 10.3 Å². The van der Waals surface area contributed by atoms with E-state index in [9.17, 15) is 0 Å². The van der Waals surface area contributed by atoms with Gasteiger partial charge in [-0.1, -0.05) is 12.7 Å². The molecular weight excluding hydrogens is 241 g/mol. The standard InChI is InChI=1S/C14H20BNO3/c1-7-10-9-16-12(8-11(10)17-6)15-18-13(2,3)14(4,5)19-15/h7-9H,1H2,2-6H3. The molecule has 1 fully saturated rings. The van der Waals surface area contributed by atoms with Crippen LogP contribution in [0.25, 0.3) is 6.08 Å². The van der Waals surface area contributed by atoms with Crippen molar-refractivity contribution in [2.75, 3.05) is 7.11 Å². The van der Waals surface area contributed by atoms with E-state index in [1.165, 1.54) is 0 Å². The predicted molar refractivity (Wildman–Crippen MR) is 76.6 cm³/mol. The van der Waals surface area contributed by atoms with Crippen molar-refractivity contribution in [2.24, 2.45) is 0 Å². The third-order valence-electron chi connectivity index (χ3n) is 3.85. The molecule has 1 aliphatic heterocycles. The van der Waals surface area contributed by atoms with E-state index in [4.69, 9.17) is 14.0 Å². The Bertz CT molecular complexity index is 483. The fraction of sp³-hybridized carbons (Fsp3) is 0.500. The zero-order valence-corrected chi connectivity index (χ0v) is 12.2. The minimum absolute atomic E-state index is 0.371. The molecule has 4 nitrogen and oxygen atoms in total. The monoisotopic (exact) mass is 261 g/mol. The third-order valence-corrected chi connectivity index (χ3v) is 3.85. The largest absolute Gasteiger partial charge is 0.514 e. The van der Waals surface area contributed by atoms with Crippen molar-refractivity contribution in [3.05, 3.63) is 24.4 Å². The Morgan fingerprint density at radius 3 is 2.32 bits per heavy atom. The normalized spacial score (nSPS) is 20.4. The molecule has 2 heterocycles. The van der Waals surface area contributed by atoms with Gasteiger partial charge in [-0.2, -0.15) is 0 Å². The fourth-order valence-electron chi connectivity index (χ4n) is 1.89. The molecule has 2 rings (SSSR count). The van der Waals surface area contributed by atoms with E-state index in [0.29, 0.717) is 5.59 Å². The van der Waals surface area contributed by atoms with Gasteiger partial charge >= 0.3 is 7.12 Å². The Kier molecular flexibility index (Phi) is 3.45. The van der Waals surface area contributed by atoms with Crippen molar-refractivity contribution in [2.45, 2.75) is 38.9 Å². The van der Waals surface area contributed by atoms with Gasteiger partial charge in [0.25, 0.3) is 0 Å². The summed E-state index contributed by atoms with van der Waals surface area (Å²) < 4.78 is 17.2. The molecular formula is C14H20BNO3. The molecule has 0 N–H and O–H groups in total. The van der Waals surface area contributed by atoms with Crippen LogP contribution in [0, 0.1) is 0 Å². The number of hydrogen-bond acceptors (Lipinski definition) is 4. The van der Waals surface area contributed by atoms with Crippen LogP contribution >= 0.6 is 0 Å². The average molecular weight is 261 g/mol. The molecule has 1 aromatic heterocycles. The van der Waals surface area contributed by atoms with Crippen LogP contribution in [-0.4, -0.2) is 30.4 Å². The first-order valence-electron chi connectivity index (χ1n) is 6.33. The molecule has 0 aromatic carbocycles. The molecule has 0 bridgehead atoms. The molecule has 0 unspecified atom stereocenters. The minimum Gasteiger partial charge on any atom is -0.496 e. The number of hydrogen-bond donors (Lipinski definition) is 0. The molecule has 1 aromatic rings. The van der Waals surface area contributed by atoms with Gasteiger partial charge < -0.3 is 14.0 Å². The Hall–Kier alpha value is -1.33. The number of rotatable bonds is 3. The SMILES string of the molecule is C=Cc1cnc(B2OC(C)(C)C(C)(C)O2)cc1OC. The van der Waals surface area contributed by atoms with Gasteiger partial charge in [-0.25, -0.2) is 0 Å². The summed E-state index contributed by atoms with van der Waals surface area (Å²) in [4.78, 5) is 4.37. The van der Waals surface area contributed by atoms with Crippen LogP contribution in [0.4, 0.5) is 0 Å². The lowest BCUT2D eigenvalue weighted by molar-refractivity contribution is 0.00578. The lowest BCUT2D eigenvalue weighted by Crippen LogP contribution is -2.41. The summed E-state index contributed by atoms with van der Waals surface area (Å²) in [7, 11) is 1.15. The van der Waals surface area contributed by atoms with Gasteiger partial charge in [-0.15, -0.1) is 0 Å². The van der Waals surface area contributed by atoms with Gasteiger partial charge in [-0.3, -0.25) is 4.98 Å². The quantitative estimate of drug-likeness (QED) is 0.780. The number of nitrogens with zero attached hydrogens (tertiary/aromatic N) is 1. The molecule has 1 aliphatic rings. The van der Waals surface area contributed by atoms with Crippen molar-refractivity contribution in [1.82, 2.24) is 4.98 Å². The highest BCUT2D eigenvalue weighted by molar-refractivity contribution is 6.61. The van der Waals surface area contributed by atoms with Crippen molar-refractivity contribution in [1.29, 1.82) is 0 Å². The first-order chi connectivity index (χ1) is 8.80. The lowest BCUT2D eigenvalue weighted by Gasteiger charge is -2.32. The van der Waals surface area contributed by atoms with E-state index < -0.39 is 7.12 Å². The Balaban J connectivity index is 2.32. The van der Waals surface area contributed by atoms with E-state index >= 15 is 0 Å². The van der Waals surface area contributed by atoms with Gasteiger partial charge in [0, 0.05) is 11.8 Å². The summed E-state index contributed by atoms with van der Waals surface area (Å²) in [5.41, 5.74) is 0.816. The van der Waals surface area contributed by atoms with E-state index in [2.05, 4.69) is 11.6 Å². The maximum Gasteiger partial charge on any atom is 0.514 e. The second-order valence-electron chi connectivity index (χ2n) is 5.64. The Morgan fingerprint density at radius 2 is 1.84 bits per heavy atom. The van der Waals surface area contributed by atoms with Crippen molar-refractivity contribution < 1.29 is 14.0 Å². The highest BCUT2D eigenvalue weighted by Crippen LogP contribution is 2.36. The highest BCUT2D eigenvalue weighted by atomic mass is 16.7. The molecule has 0 saturated carbocycles. The van der Waals surface area contributed by atoms with Crippen LogP contribution in [0.2, 0.25) is 0 Å². The van der Waals surface area contributed by atoms with Crippen LogP contribution in [-0.2, 0) is 9.31 Å². The van der Waals surface area contributed by atoms with Crippen LogP contribution in [0.5, 0.6) is 5.75 Å². The van der Waals surface area contributed by atoms with Crippen LogP contribution in [0.15, 0.2) is 18.8 Å². The first kappa shape index (κ1) is 14.1. The van der Waals surface area contributed by atoms with Gasteiger partial charge in [0.1, 0.15) is 5.75 Å². The Morgan fingerprint density at radius 1 is 1.26 bits per heavy atom. The maximum atomic E-state index is 5.96. The summed E-state index contributed by atoms with van der Waals surface area (Å²) in [5, 5.41) is 0. The Labute approximate surface area is 114 Å². The zero-order valence-electron chi connectivity index (χ0n) is 12.2. The summed E-state index contributed by atoms with van der Waals surface area (Å²) in [5.74, 6) is 0.717. The van der Waals surface area contributed by atoms with Gasteiger partial charge in [-0.05, 0) is 33.8 Å². The van der Waals surface area contributed by atoms with Crippen molar-refractivity contribution >= 4 is 18.8 Å². The number of methoxy groups -OCH3 is 1. The summed E-state index contributed by atoms with van der Waals surface area (Å²) >= 11 is 0. The maximum absolute atomic E-state index is 5.96. The van der Waals surface area contributed by atoms with Crippen molar-refractivity contribution in [3.63, 3.8) is 0 Å². The topological polar surface area (TPSA) is 40.6 Å². The molecule has 1 saturated heterocycles. The van der Waals surface area contributed by atoms with E-state index in [-0.39, 0.29) is 11.2 Å². The van der Waals surface area contributed by atoms with Crippen molar-refractivity contribution in [3.8, 4) is 5.75 Å². The predicted octanol–water partition coefficient (Wildman–Crippen LogP) is 2.03. The molecule has 5 heteroatoms. The molecule has 0 radical (unpaired) electrons. The molecule has 19 heavy (non-hydrogen) atoms. The second-order valence-corrected chi connectivity index (χ2v) is 5.64. The summed E-state index contributed by atoms with van der Waals surface area (Å²) in [6, 6.07) is 1.83. The zero-order chi connectivity index (χ0) is 14.3. The molecule has 0 amide bonds. The van der Waals surface area contributed by atoms with Gasteiger partial charge in [0.2, 0.25) is 0 Å². The van der Waals surface area contributed by atoms with E-state index in [1.807, 2.05) is 33.8 Å². The molecule has 0 atom stereocenters. The minimum atomic E-state index is -0.474. The van der Waals surface area contributed by atoms with E-state index in [1.54, 1.807) is 19.4 Å². The van der Waals surface area contributed by atoms with Crippen LogP contribution in [0.3, 0.4) is 0 Å². The van der Waals surface area contributed by atoms with Crippen LogP contribution in [0.1, 0.15) is 33.3 Å². The third kappa shape index (κ3) is 2.40. The summed E-state index contributed by atoms with van der Waals surface area (Å²) in [6.45, 7) is 11.8. The molecule has 102 valence electrons. The lowest BCUT2D eigenvalue weighted by atomic mass is 9.84. The van der Waals surface area contributed by atoms with Gasteiger partial charge in [0.15, 0.2) is 0 Å². The second kappa shape index (κ2) is 4.65.